The number of furan rings is 1. The van der Waals surface area contributed by atoms with Crippen molar-refractivity contribution in [2.24, 2.45) is 5.14 Å². The van der Waals surface area contributed by atoms with Crippen molar-refractivity contribution in [3.05, 3.63) is 66.2 Å². The molecular weight excluding hydrogens is 375 g/mol. The van der Waals surface area contributed by atoms with Crippen LogP contribution in [0.25, 0.3) is 11.3 Å². The monoisotopic (exact) mass is 390 g/mol. The van der Waals surface area contributed by atoms with E-state index in [4.69, 9.17) is 14.3 Å². The molecule has 0 saturated carbocycles. The minimum Gasteiger partial charge on any atom is -0.495 e. The summed E-state index contributed by atoms with van der Waals surface area (Å²) in [6, 6.07) is 12.8. The van der Waals surface area contributed by atoms with Gasteiger partial charge in [0.25, 0.3) is 5.91 Å². The molecule has 7 nitrogen and oxygen atoms in total. The van der Waals surface area contributed by atoms with Crippen LogP contribution in [0.5, 0.6) is 5.75 Å². The molecule has 3 rings (SSSR count). The highest BCUT2D eigenvalue weighted by atomic mass is 32.2. The number of ether oxygens (including phenoxy) is 1. The number of carbonyl (C=O) groups is 1. The number of methoxy groups -OCH3 is 1. The normalized spacial score (nSPS) is 11.2. The molecule has 1 aromatic heterocycles. The summed E-state index contributed by atoms with van der Waals surface area (Å²) in [4.78, 5) is 12.1. The van der Waals surface area contributed by atoms with E-state index >= 15 is 0 Å². The fraction of sp³-hybridized carbons (Fsp3) is 0.0556. The average Bonchev–Trinajstić information content (AvgIpc) is 3.11. The molecule has 1 amide bonds. The summed E-state index contributed by atoms with van der Waals surface area (Å²) in [5, 5.41) is 7.65. The van der Waals surface area contributed by atoms with E-state index in [-0.39, 0.29) is 33.4 Å². The van der Waals surface area contributed by atoms with E-state index in [1.54, 1.807) is 12.1 Å². The predicted octanol–water partition coefficient (Wildman–Crippen LogP) is 2.99. The van der Waals surface area contributed by atoms with E-state index in [2.05, 4.69) is 5.32 Å². The second kappa shape index (κ2) is 7.22. The molecule has 0 bridgehead atoms. The van der Waals surface area contributed by atoms with Crippen LogP contribution in [0.15, 0.2) is 63.9 Å². The number of primary sulfonamides is 1. The quantitative estimate of drug-likeness (QED) is 0.696. The number of nitrogens with one attached hydrogen (secondary N) is 1. The minimum atomic E-state index is -4.05. The predicted molar refractivity (Wildman–Crippen MR) is 96.4 cm³/mol. The molecule has 0 aliphatic rings. The van der Waals surface area contributed by atoms with Crippen LogP contribution in [0.4, 0.5) is 10.1 Å². The Bertz CT molecular complexity index is 1110. The van der Waals surface area contributed by atoms with Crippen LogP contribution in [-0.4, -0.2) is 21.4 Å². The van der Waals surface area contributed by atoms with Crippen molar-refractivity contribution < 1.29 is 26.8 Å². The smallest absolute Gasteiger partial charge is 0.291 e. The molecule has 0 fully saturated rings. The van der Waals surface area contributed by atoms with Gasteiger partial charge >= 0.3 is 0 Å². The Balaban J connectivity index is 1.86. The minimum absolute atomic E-state index is 0.0512. The van der Waals surface area contributed by atoms with Gasteiger partial charge in [-0.3, -0.25) is 4.79 Å². The van der Waals surface area contributed by atoms with Crippen LogP contribution < -0.4 is 15.2 Å². The first-order valence-electron chi connectivity index (χ1n) is 7.66. The highest BCUT2D eigenvalue weighted by Gasteiger charge is 2.18. The number of carbonyl (C=O) groups excluding carboxylic acids is 1. The fourth-order valence-corrected chi connectivity index (χ4v) is 3.16. The Morgan fingerprint density at radius 1 is 1.15 bits per heavy atom. The van der Waals surface area contributed by atoms with E-state index in [0.29, 0.717) is 0 Å². The highest BCUT2D eigenvalue weighted by molar-refractivity contribution is 7.89. The second-order valence-corrected chi connectivity index (χ2v) is 7.04. The summed E-state index contributed by atoms with van der Waals surface area (Å²) in [6.07, 6.45) is 0. The topological polar surface area (TPSA) is 112 Å². The summed E-state index contributed by atoms with van der Waals surface area (Å²) >= 11 is 0. The molecule has 0 unspecified atom stereocenters. The molecule has 0 spiro atoms. The summed E-state index contributed by atoms with van der Waals surface area (Å²) in [5.74, 6) is -0.940. The number of rotatable bonds is 5. The Kier molecular flexibility index (Phi) is 4.98. The summed E-state index contributed by atoms with van der Waals surface area (Å²) in [6.45, 7) is 0. The number of hydrogen-bond donors (Lipinski definition) is 2. The number of benzene rings is 2. The van der Waals surface area contributed by atoms with Crippen LogP contribution in [0, 0.1) is 5.82 Å². The van der Waals surface area contributed by atoms with E-state index in [0.717, 1.165) is 0 Å². The molecule has 0 radical (unpaired) electrons. The van der Waals surface area contributed by atoms with Gasteiger partial charge in [0.05, 0.1) is 12.7 Å². The van der Waals surface area contributed by atoms with E-state index < -0.39 is 21.7 Å². The lowest BCUT2D eigenvalue weighted by Crippen LogP contribution is -2.15. The van der Waals surface area contributed by atoms with Gasteiger partial charge in [0, 0.05) is 5.69 Å². The van der Waals surface area contributed by atoms with Crippen molar-refractivity contribution in [3.8, 4) is 17.1 Å². The molecule has 27 heavy (non-hydrogen) atoms. The standard InChI is InChI=1S/C18H15FN2O5S/c1-25-15-7-6-11(10-17(15)27(20,23)24)21-18(22)16-9-8-14(26-16)12-4-2-3-5-13(12)19/h2-10H,1H3,(H,21,22)(H2,20,23,24). The van der Waals surface area contributed by atoms with Gasteiger partial charge in [-0.05, 0) is 42.5 Å². The largest absolute Gasteiger partial charge is 0.495 e. The molecule has 3 aromatic rings. The maximum absolute atomic E-state index is 13.8. The van der Waals surface area contributed by atoms with Gasteiger partial charge in [0.2, 0.25) is 10.0 Å². The maximum Gasteiger partial charge on any atom is 0.291 e. The zero-order valence-electron chi connectivity index (χ0n) is 14.1. The third kappa shape index (κ3) is 3.99. The highest BCUT2D eigenvalue weighted by Crippen LogP contribution is 2.28. The zero-order valence-corrected chi connectivity index (χ0v) is 14.9. The number of hydrogen-bond acceptors (Lipinski definition) is 5. The number of halogens is 1. The Labute approximate surface area is 154 Å². The van der Waals surface area contributed by atoms with Crippen LogP contribution >= 0.6 is 0 Å². The Hall–Kier alpha value is -3.17. The molecule has 1 heterocycles. The van der Waals surface area contributed by atoms with Gasteiger partial charge in [-0.2, -0.15) is 0 Å². The van der Waals surface area contributed by atoms with Gasteiger partial charge in [-0.25, -0.2) is 17.9 Å². The van der Waals surface area contributed by atoms with Crippen molar-refractivity contribution in [2.75, 3.05) is 12.4 Å². The van der Waals surface area contributed by atoms with E-state index in [1.807, 2.05) is 0 Å². The zero-order chi connectivity index (χ0) is 19.6. The van der Waals surface area contributed by atoms with Gasteiger partial charge in [0.1, 0.15) is 22.2 Å². The van der Waals surface area contributed by atoms with E-state index in [9.17, 15) is 17.6 Å². The van der Waals surface area contributed by atoms with Crippen molar-refractivity contribution in [2.45, 2.75) is 4.90 Å². The summed E-state index contributed by atoms with van der Waals surface area (Å²) < 4.78 is 47.5. The van der Waals surface area contributed by atoms with Gasteiger partial charge in [-0.1, -0.05) is 12.1 Å². The van der Waals surface area contributed by atoms with Crippen LogP contribution in [0.1, 0.15) is 10.6 Å². The molecule has 0 aliphatic carbocycles. The van der Waals surface area contributed by atoms with Crippen molar-refractivity contribution in [1.29, 1.82) is 0 Å². The first kappa shape index (κ1) is 18.6. The van der Waals surface area contributed by atoms with Gasteiger partial charge in [-0.15, -0.1) is 0 Å². The second-order valence-electron chi connectivity index (χ2n) is 5.51. The van der Waals surface area contributed by atoms with Crippen molar-refractivity contribution in [3.63, 3.8) is 0 Å². The van der Waals surface area contributed by atoms with Crippen molar-refractivity contribution >= 4 is 21.6 Å². The number of anilines is 1. The lowest BCUT2D eigenvalue weighted by atomic mass is 10.1. The number of nitrogens with two attached hydrogens (primary N) is 1. The lowest BCUT2D eigenvalue weighted by Gasteiger charge is -2.09. The summed E-state index contributed by atoms with van der Waals surface area (Å²) in [5.41, 5.74) is 0.395. The molecule has 0 saturated heterocycles. The van der Waals surface area contributed by atoms with E-state index in [1.165, 1.54) is 49.6 Å². The molecular formula is C18H15FN2O5S. The van der Waals surface area contributed by atoms with Gasteiger partial charge in [0.15, 0.2) is 5.76 Å². The Morgan fingerprint density at radius 2 is 1.89 bits per heavy atom. The third-order valence-electron chi connectivity index (χ3n) is 3.70. The SMILES string of the molecule is COc1ccc(NC(=O)c2ccc(-c3ccccc3F)o2)cc1S(N)(=O)=O. The first-order chi connectivity index (χ1) is 12.8. The lowest BCUT2D eigenvalue weighted by molar-refractivity contribution is 0.0997. The molecule has 140 valence electrons. The summed E-state index contributed by atoms with van der Waals surface area (Å²) in [7, 11) is -2.75. The molecule has 0 aliphatic heterocycles. The van der Waals surface area contributed by atoms with Crippen molar-refractivity contribution in [1.82, 2.24) is 0 Å². The number of amides is 1. The molecule has 3 N–H and O–H groups in total. The van der Waals surface area contributed by atoms with Gasteiger partial charge < -0.3 is 14.5 Å². The number of sulfonamides is 1. The molecule has 2 aromatic carbocycles. The fourth-order valence-electron chi connectivity index (χ4n) is 2.44. The average molecular weight is 390 g/mol. The van der Waals surface area contributed by atoms with Crippen LogP contribution in [-0.2, 0) is 10.0 Å². The third-order valence-corrected chi connectivity index (χ3v) is 4.63. The Morgan fingerprint density at radius 3 is 2.56 bits per heavy atom. The molecule has 9 heteroatoms. The maximum atomic E-state index is 13.8. The first-order valence-corrected chi connectivity index (χ1v) is 9.21. The van der Waals surface area contributed by atoms with Crippen LogP contribution in [0.3, 0.4) is 0 Å². The van der Waals surface area contributed by atoms with Crippen LogP contribution in [0.2, 0.25) is 0 Å². The molecule has 0 atom stereocenters.